The number of nitrogens with zero attached hydrogens (tertiary/aromatic N) is 4. The second kappa shape index (κ2) is 9.12. The molecule has 0 spiro atoms. The molecule has 6 heteroatoms. The van der Waals surface area contributed by atoms with E-state index < -0.39 is 0 Å². The number of aryl methyl sites for hydroxylation is 1. The number of rotatable bonds is 3. The van der Waals surface area contributed by atoms with Gasteiger partial charge in [-0.3, -0.25) is 0 Å². The Morgan fingerprint density at radius 2 is 1.62 bits per heavy atom. The van der Waals surface area contributed by atoms with Gasteiger partial charge in [0.05, 0.1) is 11.6 Å². The molecule has 4 heterocycles. The van der Waals surface area contributed by atoms with Crippen molar-refractivity contribution < 1.29 is 17.1 Å². The third-order valence-electron chi connectivity index (χ3n) is 8.59. The van der Waals surface area contributed by atoms with Crippen molar-refractivity contribution in [1.29, 1.82) is 0 Å². The fourth-order valence-corrected chi connectivity index (χ4v) is 7.03. The number of allylic oxidation sites excluding steroid dienone is 2. The smallest absolute Gasteiger partial charge is 0.211 e. The van der Waals surface area contributed by atoms with E-state index in [0.29, 0.717) is 0 Å². The summed E-state index contributed by atoms with van der Waals surface area (Å²) in [6, 6.07) is 9.16. The Hall–Kier alpha value is -3.31. The molecule has 3 aliphatic rings. The van der Waals surface area contributed by atoms with Crippen molar-refractivity contribution in [2.45, 2.75) is 66.5 Å². The molecule has 39 heavy (non-hydrogen) atoms. The third-order valence-corrected chi connectivity index (χ3v) is 8.59. The maximum atomic E-state index is 6.82. The third kappa shape index (κ3) is 3.97. The first-order valence-electron chi connectivity index (χ1n) is 13.8. The fraction of sp³-hybridized carbons (Fsp3) is 0.394. The van der Waals surface area contributed by atoms with Crippen LogP contribution >= 0.6 is 0 Å². The second-order valence-electron chi connectivity index (χ2n) is 12.0. The SMILES string of the molecule is CCN1c2cc3c(cc2C(C)=CC1(C)C)C(c1nccn1C)=c1cc2c(cc1O3)=[N+](CC)C(C)(C)C=C2C.[Cl-]. The van der Waals surface area contributed by atoms with Crippen molar-refractivity contribution in [2.24, 2.45) is 7.05 Å². The Balaban J connectivity index is 0.00000308. The minimum absolute atomic E-state index is 0. The molecule has 0 aliphatic carbocycles. The zero-order chi connectivity index (χ0) is 27.1. The molecule has 0 radical (unpaired) electrons. The maximum absolute atomic E-state index is 6.82. The lowest BCUT2D eigenvalue weighted by Gasteiger charge is -2.43. The Morgan fingerprint density at radius 1 is 0.897 bits per heavy atom. The molecular weight excluding hydrogens is 504 g/mol. The number of likely N-dealkylation sites (N-methyl/N-ethyl adjacent to an activating group) is 2. The van der Waals surface area contributed by atoms with Crippen LogP contribution in [0.3, 0.4) is 0 Å². The van der Waals surface area contributed by atoms with Gasteiger partial charge in [-0.25, -0.2) is 9.56 Å². The summed E-state index contributed by atoms with van der Waals surface area (Å²) < 4.78 is 11.4. The van der Waals surface area contributed by atoms with Gasteiger partial charge in [-0.05, 0) is 70.9 Å². The molecule has 0 fully saturated rings. The van der Waals surface area contributed by atoms with Crippen molar-refractivity contribution in [1.82, 2.24) is 14.1 Å². The summed E-state index contributed by atoms with van der Waals surface area (Å²) in [6.07, 6.45) is 8.67. The summed E-state index contributed by atoms with van der Waals surface area (Å²) in [7, 11) is 2.07. The van der Waals surface area contributed by atoms with E-state index in [4.69, 9.17) is 9.72 Å². The minimum atomic E-state index is -0.0605. The number of fused-ring (bicyclic) bond motifs is 4. The van der Waals surface area contributed by atoms with Gasteiger partial charge in [0.15, 0.2) is 5.54 Å². The van der Waals surface area contributed by atoms with E-state index in [0.717, 1.165) is 46.8 Å². The van der Waals surface area contributed by atoms with E-state index in [9.17, 15) is 0 Å². The molecule has 0 saturated carbocycles. The van der Waals surface area contributed by atoms with Crippen molar-refractivity contribution in [2.75, 3.05) is 18.0 Å². The lowest BCUT2D eigenvalue weighted by Crippen LogP contribution is -3.00. The van der Waals surface area contributed by atoms with Crippen LogP contribution in [0.1, 0.15) is 77.9 Å². The first-order valence-corrected chi connectivity index (χ1v) is 13.8. The van der Waals surface area contributed by atoms with Gasteiger partial charge in [0.2, 0.25) is 5.36 Å². The van der Waals surface area contributed by atoms with Gasteiger partial charge < -0.3 is 26.6 Å². The maximum Gasteiger partial charge on any atom is 0.211 e. The molecule has 5 nitrogen and oxygen atoms in total. The zero-order valence-electron chi connectivity index (χ0n) is 24.6. The van der Waals surface area contributed by atoms with Gasteiger partial charge >= 0.3 is 0 Å². The van der Waals surface area contributed by atoms with E-state index in [1.807, 2.05) is 12.4 Å². The summed E-state index contributed by atoms with van der Waals surface area (Å²) in [5.74, 6) is 2.73. The quantitative estimate of drug-likeness (QED) is 0.373. The highest BCUT2D eigenvalue weighted by molar-refractivity contribution is 5.90. The number of ether oxygens (including phenoxy) is 1. The summed E-state index contributed by atoms with van der Waals surface area (Å²) in [6.45, 7) is 19.9. The highest BCUT2D eigenvalue weighted by Gasteiger charge is 2.36. The van der Waals surface area contributed by atoms with Crippen LogP contribution in [0.5, 0.6) is 11.5 Å². The molecule has 0 amide bonds. The Morgan fingerprint density at radius 3 is 2.26 bits per heavy atom. The summed E-state index contributed by atoms with van der Waals surface area (Å²) in [4.78, 5) is 7.30. The number of anilines is 1. The molecule has 3 aromatic rings. The first-order chi connectivity index (χ1) is 18.0. The molecule has 6 rings (SSSR count). The van der Waals surface area contributed by atoms with Crippen molar-refractivity contribution in [3.8, 4) is 11.5 Å². The highest BCUT2D eigenvalue weighted by Crippen LogP contribution is 2.46. The molecule has 2 aromatic carbocycles. The molecule has 0 saturated heterocycles. The molecule has 204 valence electrons. The summed E-state index contributed by atoms with van der Waals surface area (Å²) in [5, 5.41) is 2.33. The van der Waals surface area contributed by atoms with Crippen molar-refractivity contribution in [3.05, 3.63) is 81.9 Å². The van der Waals surface area contributed by atoms with Crippen LogP contribution < -0.4 is 37.2 Å². The van der Waals surface area contributed by atoms with E-state index in [1.165, 1.54) is 33.3 Å². The lowest BCUT2D eigenvalue weighted by atomic mass is 9.85. The predicted octanol–water partition coefficient (Wildman–Crippen LogP) is 2.51. The number of imidazole rings is 1. The zero-order valence-corrected chi connectivity index (χ0v) is 25.4. The molecular formula is C33H39ClN4O. The standard InChI is InChI=1S/C33H39N4O.ClH/c1-10-36-26-16-28-24(14-22(26)20(3)18-32(36,5)6)30(31-34-12-13-35(31)9)25-15-23-21(4)19-33(7,8)37(11-2)27(23)17-29(25)38-28;/h12-19H,10-11H2,1-9H3;1H/q+1;/p-1. The van der Waals surface area contributed by atoms with Gasteiger partial charge in [0.25, 0.3) is 0 Å². The topological polar surface area (TPSA) is 33.3 Å². The monoisotopic (exact) mass is 542 g/mol. The predicted molar refractivity (Wildman–Crippen MR) is 157 cm³/mol. The molecule has 1 aromatic heterocycles. The highest BCUT2D eigenvalue weighted by atomic mass is 35.5. The fourth-order valence-electron chi connectivity index (χ4n) is 7.03. The number of hydrogen-bond acceptors (Lipinski definition) is 3. The van der Waals surface area contributed by atoms with Crippen LogP contribution in [0.25, 0.3) is 16.7 Å². The van der Waals surface area contributed by atoms with Crippen LogP contribution in [0, 0.1) is 0 Å². The van der Waals surface area contributed by atoms with Crippen LogP contribution in [-0.4, -0.2) is 33.7 Å². The lowest BCUT2D eigenvalue weighted by molar-refractivity contribution is -0.00000925. The Bertz CT molecular complexity index is 1700. The number of benzene rings is 2. The van der Waals surface area contributed by atoms with Gasteiger partial charge in [-0.15, -0.1) is 0 Å². The van der Waals surface area contributed by atoms with Gasteiger partial charge in [0.1, 0.15) is 23.9 Å². The van der Waals surface area contributed by atoms with Gasteiger partial charge in [-0.1, -0.05) is 6.08 Å². The molecule has 3 aliphatic heterocycles. The van der Waals surface area contributed by atoms with E-state index >= 15 is 0 Å². The molecule has 0 bridgehead atoms. The minimum Gasteiger partial charge on any atom is -1.00 e. The summed E-state index contributed by atoms with van der Waals surface area (Å²) >= 11 is 0. The number of halogens is 1. The van der Waals surface area contributed by atoms with Gasteiger partial charge in [-0.2, -0.15) is 0 Å². The van der Waals surface area contributed by atoms with E-state index in [1.54, 1.807) is 0 Å². The van der Waals surface area contributed by atoms with E-state index in [-0.39, 0.29) is 23.5 Å². The van der Waals surface area contributed by atoms with Crippen LogP contribution in [-0.2, 0) is 7.05 Å². The van der Waals surface area contributed by atoms with Crippen molar-refractivity contribution >= 4 is 22.4 Å². The molecule has 0 unspecified atom stereocenters. The Kier molecular flexibility index (Phi) is 6.38. The van der Waals surface area contributed by atoms with E-state index in [2.05, 4.69) is 113 Å². The average Bonchev–Trinajstić information content (AvgIpc) is 3.25. The van der Waals surface area contributed by atoms with Crippen molar-refractivity contribution in [3.63, 3.8) is 0 Å². The number of aromatic nitrogens is 2. The largest absolute Gasteiger partial charge is 1.00 e. The normalized spacial score (nSPS) is 18.1. The Labute approximate surface area is 238 Å². The van der Waals surface area contributed by atoms with Crippen LogP contribution in [0.4, 0.5) is 5.69 Å². The second-order valence-corrected chi connectivity index (χ2v) is 12.0. The number of hydrogen-bond donors (Lipinski definition) is 0. The van der Waals surface area contributed by atoms with Gasteiger partial charge in [0, 0.05) is 79.1 Å². The van der Waals surface area contributed by atoms with Crippen LogP contribution in [0.2, 0.25) is 0 Å². The first kappa shape index (κ1) is 27.3. The summed E-state index contributed by atoms with van der Waals surface area (Å²) in [5.41, 5.74) is 8.45. The molecule has 0 atom stereocenters. The van der Waals surface area contributed by atoms with Crippen LogP contribution in [0.15, 0.2) is 48.8 Å². The molecule has 0 N–H and O–H groups in total. The average molecular weight is 543 g/mol.